The lowest BCUT2D eigenvalue weighted by atomic mass is 10.1. The second-order valence-corrected chi connectivity index (χ2v) is 7.38. The molecule has 0 N–H and O–H groups in total. The summed E-state index contributed by atoms with van der Waals surface area (Å²) in [5, 5.41) is -0.709. The lowest BCUT2D eigenvalue weighted by Gasteiger charge is -2.10. The number of ketones is 1. The molecule has 2 aromatic rings. The molecule has 0 aliphatic rings. The molecule has 0 spiro atoms. The van der Waals surface area contributed by atoms with E-state index >= 15 is 0 Å². The SMILES string of the molecule is CC(=O)c1ccc(C)cc1OC(=O)c1nc(S(C)(=O)=O)ncc1Cl. The fraction of sp³-hybridized carbons (Fsp3) is 0.200. The van der Waals surface area contributed by atoms with Crippen LogP contribution in [-0.4, -0.2) is 36.4 Å². The van der Waals surface area contributed by atoms with Crippen molar-refractivity contribution in [3.8, 4) is 5.75 Å². The predicted octanol–water partition coefficient (Wildman–Crippen LogP) is 2.26. The number of hydrogen-bond acceptors (Lipinski definition) is 7. The minimum absolute atomic E-state index is 0.0445. The van der Waals surface area contributed by atoms with E-state index in [1.54, 1.807) is 13.0 Å². The molecular weight excluding hydrogens is 356 g/mol. The summed E-state index contributed by atoms with van der Waals surface area (Å²) in [5.74, 6) is -1.23. The van der Waals surface area contributed by atoms with Gasteiger partial charge in [0.05, 0.1) is 16.8 Å². The highest BCUT2D eigenvalue weighted by Crippen LogP contribution is 2.23. The van der Waals surface area contributed by atoms with Gasteiger partial charge in [-0.15, -0.1) is 0 Å². The fourth-order valence-electron chi connectivity index (χ4n) is 1.83. The number of aryl methyl sites for hydroxylation is 1. The van der Waals surface area contributed by atoms with Crippen molar-refractivity contribution in [1.29, 1.82) is 0 Å². The van der Waals surface area contributed by atoms with Crippen LogP contribution in [0.5, 0.6) is 5.75 Å². The third-order valence-corrected chi connectivity index (χ3v) is 4.10. The summed E-state index contributed by atoms with van der Waals surface area (Å²) in [4.78, 5) is 31.1. The van der Waals surface area contributed by atoms with Crippen molar-refractivity contribution in [3.05, 3.63) is 46.2 Å². The van der Waals surface area contributed by atoms with E-state index in [1.807, 2.05) is 0 Å². The van der Waals surface area contributed by atoms with Crippen LogP contribution in [0.15, 0.2) is 29.6 Å². The van der Waals surface area contributed by atoms with E-state index in [0.717, 1.165) is 18.0 Å². The average molecular weight is 369 g/mol. The molecule has 0 aliphatic heterocycles. The smallest absolute Gasteiger partial charge is 0.364 e. The summed E-state index contributed by atoms with van der Waals surface area (Å²) in [6.07, 6.45) is 1.91. The van der Waals surface area contributed by atoms with Crippen molar-refractivity contribution in [2.45, 2.75) is 19.0 Å². The van der Waals surface area contributed by atoms with Gasteiger partial charge in [0.1, 0.15) is 5.75 Å². The number of nitrogens with zero attached hydrogens (tertiary/aromatic N) is 2. The number of esters is 1. The molecule has 0 fully saturated rings. The second kappa shape index (κ2) is 6.66. The number of ether oxygens (including phenoxy) is 1. The first kappa shape index (κ1) is 18.0. The van der Waals surface area contributed by atoms with Crippen LogP contribution in [0.3, 0.4) is 0 Å². The van der Waals surface area contributed by atoms with Gasteiger partial charge in [-0.2, -0.15) is 0 Å². The zero-order valence-corrected chi connectivity index (χ0v) is 14.6. The summed E-state index contributed by atoms with van der Waals surface area (Å²) >= 11 is 5.85. The average Bonchev–Trinajstić information content (AvgIpc) is 2.46. The molecule has 0 aliphatic carbocycles. The van der Waals surface area contributed by atoms with Gasteiger partial charge in [0, 0.05) is 6.26 Å². The summed E-state index contributed by atoms with van der Waals surface area (Å²) in [6, 6.07) is 4.75. The second-order valence-electron chi connectivity index (χ2n) is 5.07. The molecule has 9 heteroatoms. The molecule has 1 aromatic heterocycles. The Bertz CT molecular complexity index is 941. The van der Waals surface area contributed by atoms with Gasteiger partial charge in [0.2, 0.25) is 15.0 Å². The first-order valence-electron chi connectivity index (χ1n) is 6.66. The standard InChI is InChI=1S/C15H13ClN2O5S/c1-8-4-5-10(9(2)19)12(6-8)23-14(20)13-11(16)7-17-15(18-13)24(3,21)22/h4-7H,1-3H3. The highest BCUT2D eigenvalue weighted by atomic mass is 35.5. The Labute approximate surface area is 143 Å². The van der Waals surface area contributed by atoms with Crippen molar-refractivity contribution in [2.75, 3.05) is 6.26 Å². The van der Waals surface area contributed by atoms with Crippen molar-refractivity contribution in [1.82, 2.24) is 9.97 Å². The molecule has 1 heterocycles. The van der Waals surface area contributed by atoms with Crippen molar-refractivity contribution >= 4 is 33.2 Å². The van der Waals surface area contributed by atoms with E-state index in [4.69, 9.17) is 16.3 Å². The Morgan fingerprint density at radius 3 is 2.50 bits per heavy atom. The Balaban J connectivity index is 2.45. The Morgan fingerprint density at radius 2 is 1.92 bits per heavy atom. The van der Waals surface area contributed by atoms with Gasteiger partial charge in [-0.05, 0) is 31.5 Å². The molecule has 0 amide bonds. The van der Waals surface area contributed by atoms with Crippen molar-refractivity contribution in [3.63, 3.8) is 0 Å². The monoisotopic (exact) mass is 368 g/mol. The van der Waals surface area contributed by atoms with E-state index in [2.05, 4.69) is 9.97 Å². The molecule has 0 unspecified atom stereocenters. The molecule has 0 saturated carbocycles. The maximum absolute atomic E-state index is 12.3. The van der Waals surface area contributed by atoms with Crippen LogP contribution in [0.2, 0.25) is 5.02 Å². The van der Waals surface area contributed by atoms with Gasteiger partial charge >= 0.3 is 5.97 Å². The Hall–Kier alpha value is -2.32. The number of halogens is 1. The number of carbonyl (C=O) groups is 2. The molecule has 1 aromatic carbocycles. The molecule has 24 heavy (non-hydrogen) atoms. The number of Topliss-reactive ketones (excluding diaryl/α,β-unsaturated/α-hetero) is 1. The normalized spacial score (nSPS) is 11.2. The van der Waals surface area contributed by atoms with E-state index in [-0.39, 0.29) is 22.1 Å². The van der Waals surface area contributed by atoms with Gasteiger partial charge in [0.15, 0.2) is 11.5 Å². The molecule has 2 rings (SSSR count). The van der Waals surface area contributed by atoms with Crippen LogP contribution in [0.1, 0.15) is 33.3 Å². The van der Waals surface area contributed by atoms with Gasteiger partial charge in [0.25, 0.3) is 0 Å². The summed E-state index contributed by atoms with van der Waals surface area (Å²) in [6.45, 7) is 3.10. The van der Waals surface area contributed by atoms with Gasteiger partial charge in [-0.1, -0.05) is 17.7 Å². The molecule has 126 valence electrons. The van der Waals surface area contributed by atoms with E-state index in [9.17, 15) is 18.0 Å². The molecule has 0 atom stereocenters. The third-order valence-electron chi connectivity index (χ3n) is 2.97. The number of benzene rings is 1. The first-order valence-corrected chi connectivity index (χ1v) is 8.93. The molecule has 0 radical (unpaired) electrons. The number of hydrogen-bond donors (Lipinski definition) is 0. The van der Waals surface area contributed by atoms with Crippen LogP contribution in [0.4, 0.5) is 0 Å². The zero-order chi connectivity index (χ0) is 18.1. The van der Waals surface area contributed by atoms with Gasteiger partial charge < -0.3 is 4.74 Å². The van der Waals surface area contributed by atoms with E-state index < -0.39 is 26.7 Å². The molecular formula is C15H13ClN2O5S. The van der Waals surface area contributed by atoms with Crippen LogP contribution in [0.25, 0.3) is 0 Å². The quantitative estimate of drug-likeness (QED) is 0.353. The van der Waals surface area contributed by atoms with Gasteiger partial charge in [-0.3, -0.25) is 4.79 Å². The van der Waals surface area contributed by atoms with Crippen LogP contribution in [-0.2, 0) is 9.84 Å². The number of carbonyl (C=O) groups excluding carboxylic acids is 2. The maximum atomic E-state index is 12.3. The number of aromatic nitrogens is 2. The zero-order valence-electron chi connectivity index (χ0n) is 13.0. The van der Waals surface area contributed by atoms with Crippen LogP contribution >= 0.6 is 11.6 Å². The largest absolute Gasteiger partial charge is 0.421 e. The third kappa shape index (κ3) is 3.95. The topological polar surface area (TPSA) is 103 Å². The minimum atomic E-state index is -3.72. The highest BCUT2D eigenvalue weighted by Gasteiger charge is 2.22. The molecule has 7 nitrogen and oxygen atoms in total. The summed E-state index contributed by atoms with van der Waals surface area (Å²) in [5.41, 5.74) is 0.582. The summed E-state index contributed by atoms with van der Waals surface area (Å²) < 4.78 is 28.2. The first-order chi connectivity index (χ1) is 11.1. The molecule has 0 saturated heterocycles. The van der Waals surface area contributed by atoms with Gasteiger partial charge in [-0.25, -0.2) is 23.2 Å². The Kier molecular flexibility index (Phi) is 5.00. The van der Waals surface area contributed by atoms with Crippen molar-refractivity contribution < 1.29 is 22.7 Å². The van der Waals surface area contributed by atoms with E-state index in [1.165, 1.54) is 19.1 Å². The minimum Gasteiger partial charge on any atom is -0.421 e. The van der Waals surface area contributed by atoms with Crippen LogP contribution < -0.4 is 4.74 Å². The summed E-state index contributed by atoms with van der Waals surface area (Å²) in [7, 11) is -3.72. The maximum Gasteiger partial charge on any atom is 0.364 e. The number of sulfone groups is 1. The lowest BCUT2D eigenvalue weighted by molar-refractivity contribution is 0.0725. The lowest BCUT2D eigenvalue weighted by Crippen LogP contribution is -2.16. The number of rotatable bonds is 4. The Morgan fingerprint density at radius 1 is 1.25 bits per heavy atom. The highest BCUT2D eigenvalue weighted by molar-refractivity contribution is 7.90. The van der Waals surface area contributed by atoms with Crippen LogP contribution in [0, 0.1) is 6.92 Å². The predicted molar refractivity (Wildman–Crippen MR) is 86.3 cm³/mol. The van der Waals surface area contributed by atoms with E-state index in [0.29, 0.717) is 0 Å². The fourth-order valence-corrected chi connectivity index (χ4v) is 2.50. The molecule has 0 bridgehead atoms. The van der Waals surface area contributed by atoms with Crippen molar-refractivity contribution in [2.24, 2.45) is 0 Å².